The van der Waals surface area contributed by atoms with Gasteiger partial charge in [-0.3, -0.25) is 5.32 Å². The number of hydrogen-bond acceptors (Lipinski definition) is 3. The second-order valence-electron chi connectivity index (χ2n) is 3.41. The van der Waals surface area contributed by atoms with Crippen LogP contribution in [0.15, 0.2) is 24.8 Å². The second-order valence-corrected chi connectivity index (χ2v) is 3.82. The van der Waals surface area contributed by atoms with Crippen LogP contribution in [0.2, 0.25) is 5.02 Å². The summed E-state index contributed by atoms with van der Waals surface area (Å²) in [5, 5.41) is 11.6. The molecule has 5 nitrogen and oxygen atoms in total. The third kappa shape index (κ3) is 3.24. The molecule has 96 valence electrons. The molecule has 1 amide bonds. The Labute approximate surface area is 109 Å². The first kappa shape index (κ1) is 14.1. The molecule has 18 heavy (non-hydrogen) atoms. The average Bonchev–Trinajstić information content (AvgIpc) is 2.31. The van der Waals surface area contributed by atoms with E-state index in [9.17, 15) is 9.59 Å². The fraction of sp³-hybridized carbons (Fsp3) is 0.167. The number of ether oxygens (including phenoxy) is 1. The summed E-state index contributed by atoms with van der Waals surface area (Å²) in [5.41, 5.74) is 0.662. The van der Waals surface area contributed by atoms with E-state index in [1.807, 2.05) is 0 Å². The van der Waals surface area contributed by atoms with Crippen molar-refractivity contribution in [2.45, 2.75) is 6.92 Å². The molecule has 2 N–H and O–H groups in total. The maximum Gasteiger partial charge on any atom is 0.411 e. The molecule has 0 atom stereocenters. The smallest absolute Gasteiger partial charge is 0.411 e. The predicted molar refractivity (Wildman–Crippen MR) is 68.3 cm³/mol. The Morgan fingerprint density at radius 1 is 1.56 bits per heavy atom. The summed E-state index contributed by atoms with van der Waals surface area (Å²) in [6.07, 6.45) is 0.698. The zero-order valence-electron chi connectivity index (χ0n) is 9.70. The predicted octanol–water partition coefficient (Wildman–Crippen LogP) is 3.08. The number of carbonyl (C=O) groups excluding carboxylic acids is 1. The summed E-state index contributed by atoms with van der Waals surface area (Å²) in [4.78, 5) is 22.3. The summed E-state index contributed by atoms with van der Waals surface area (Å²) < 4.78 is 4.73. The highest BCUT2D eigenvalue weighted by atomic mass is 35.5. The summed E-state index contributed by atoms with van der Waals surface area (Å²) in [5.74, 6) is -1.09. The number of nitrogens with one attached hydrogen (secondary N) is 1. The number of amides is 1. The molecule has 0 fully saturated rings. The molecule has 0 saturated carbocycles. The number of carboxylic acid groups (broad SMARTS) is 1. The van der Waals surface area contributed by atoms with Crippen molar-refractivity contribution in [2.75, 3.05) is 11.9 Å². The van der Waals surface area contributed by atoms with Crippen LogP contribution >= 0.6 is 11.6 Å². The van der Waals surface area contributed by atoms with E-state index in [0.29, 0.717) is 5.56 Å². The Morgan fingerprint density at radius 2 is 2.22 bits per heavy atom. The fourth-order valence-electron chi connectivity index (χ4n) is 1.34. The first-order valence-electron chi connectivity index (χ1n) is 5.04. The summed E-state index contributed by atoms with van der Waals surface area (Å²) >= 11 is 5.90. The molecule has 1 aromatic carbocycles. The van der Waals surface area contributed by atoms with E-state index in [1.165, 1.54) is 18.2 Å². The molecule has 0 aliphatic carbocycles. The van der Waals surface area contributed by atoms with Gasteiger partial charge in [0.05, 0.1) is 16.3 Å². The van der Waals surface area contributed by atoms with Gasteiger partial charge in [0.1, 0.15) is 6.61 Å². The number of carboxylic acids is 1. The lowest BCUT2D eigenvalue weighted by Crippen LogP contribution is -2.16. The Hall–Kier alpha value is -2.01. The van der Waals surface area contributed by atoms with Crippen LogP contribution in [0, 0.1) is 6.92 Å². The van der Waals surface area contributed by atoms with Gasteiger partial charge in [0, 0.05) is 0 Å². The minimum Gasteiger partial charge on any atom is -0.478 e. The number of carbonyl (C=O) groups is 2. The molecular weight excluding hydrogens is 258 g/mol. The number of halogens is 1. The van der Waals surface area contributed by atoms with E-state index in [1.54, 1.807) is 6.92 Å². The summed E-state index contributed by atoms with van der Waals surface area (Å²) in [6, 6.07) is 2.78. The Balaban J connectivity index is 3.00. The van der Waals surface area contributed by atoms with Crippen LogP contribution in [0.5, 0.6) is 0 Å². The van der Waals surface area contributed by atoms with Crippen LogP contribution < -0.4 is 5.32 Å². The van der Waals surface area contributed by atoms with Crippen LogP contribution in [0.25, 0.3) is 0 Å². The van der Waals surface area contributed by atoms with Gasteiger partial charge in [0.2, 0.25) is 0 Å². The van der Waals surface area contributed by atoms with Gasteiger partial charge in [-0.25, -0.2) is 9.59 Å². The van der Waals surface area contributed by atoms with E-state index < -0.39 is 12.1 Å². The van der Waals surface area contributed by atoms with Gasteiger partial charge in [-0.05, 0) is 24.6 Å². The minimum absolute atomic E-state index is 0.0567. The molecule has 0 aromatic heterocycles. The zero-order chi connectivity index (χ0) is 13.7. The van der Waals surface area contributed by atoms with E-state index in [2.05, 4.69) is 11.9 Å². The lowest BCUT2D eigenvalue weighted by Gasteiger charge is -2.12. The van der Waals surface area contributed by atoms with Crippen molar-refractivity contribution < 1.29 is 19.4 Å². The van der Waals surface area contributed by atoms with Crippen molar-refractivity contribution in [3.8, 4) is 0 Å². The largest absolute Gasteiger partial charge is 0.478 e. The fourth-order valence-corrected chi connectivity index (χ4v) is 1.59. The highest BCUT2D eigenvalue weighted by molar-refractivity contribution is 6.34. The second kappa shape index (κ2) is 6.07. The van der Waals surface area contributed by atoms with E-state index in [4.69, 9.17) is 21.4 Å². The maximum atomic E-state index is 11.4. The molecule has 1 rings (SSSR count). The van der Waals surface area contributed by atoms with Gasteiger partial charge in [-0.1, -0.05) is 24.3 Å². The van der Waals surface area contributed by atoms with Crippen LogP contribution in [0.4, 0.5) is 10.5 Å². The van der Waals surface area contributed by atoms with Crippen molar-refractivity contribution in [2.24, 2.45) is 0 Å². The lowest BCUT2D eigenvalue weighted by molar-refractivity contribution is 0.0696. The minimum atomic E-state index is -1.09. The van der Waals surface area contributed by atoms with Crippen molar-refractivity contribution in [3.05, 3.63) is 40.9 Å². The van der Waals surface area contributed by atoms with E-state index in [-0.39, 0.29) is 22.9 Å². The molecule has 0 spiro atoms. The van der Waals surface area contributed by atoms with E-state index in [0.717, 1.165) is 0 Å². The maximum absolute atomic E-state index is 11.4. The monoisotopic (exact) mass is 269 g/mol. The Kier molecular flexibility index (Phi) is 4.74. The normalized spacial score (nSPS) is 9.67. The molecular formula is C12H12ClNO4. The first-order valence-corrected chi connectivity index (χ1v) is 5.42. The summed E-state index contributed by atoms with van der Waals surface area (Å²) in [7, 11) is 0. The molecule has 0 saturated heterocycles. The molecule has 6 heteroatoms. The highest BCUT2D eigenvalue weighted by Crippen LogP contribution is 2.28. The number of hydrogen-bond donors (Lipinski definition) is 2. The van der Waals surface area contributed by atoms with Crippen LogP contribution in [-0.4, -0.2) is 23.8 Å². The van der Waals surface area contributed by atoms with Crippen LogP contribution in [0.3, 0.4) is 0 Å². The third-order valence-electron chi connectivity index (χ3n) is 2.20. The topological polar surface area (TPSA) is 75.6 Å². The number of benzene rings is 1. The Morgan fingerprint density at radius 3 is 2.78 bits per heavy atom. The van der Waals surface area contributed by atoms with Gasteiger partial charge in [0.25, 0.3) is 0 Å². The number of aromatic carboxylic acids is 1. The first-order chi connectivity index (χ1) is 8.47. The van der Waals surface area contributed by atoms with Crippen LogP contribution in [0.1, 0.15) is 15.9 Å². The molecule has 0 aliphatic rings. The van der Waals surface area contributed by atoms with Gasteiger partial charge < -0.3 is 9.84 Å². The quantitative estimate of drug-likeness (QED) is 0.824. The molecule has 0 aliphatic heterocycles. The average molecular weight is 270 g/mol. The van der Waals surface area contributed by atoms with Crippen molar-refractivity contribution >= 4 is 29.4 Å². The van der Waals surface area contributed by atoms with Crippen LogP contribution in [-0.2, 0) is 4.74 Å². The van der Waals surface area contributed by atoms with Gasteiger partial charge >= 0.3 is 12.1 Å². The lowest BCUT2D eigenvalue weighted by atomic mass is 10.1. The van der Waals surface area contributed by atoms with Gasteiger partial charge in [-0.2, -0.15) is 0 Å². The SMILES string of the molecule is C=CCOC(=O)Nc1c(Cl)ccc(C(=O)O)c1C. The number of rotatable bonds is 4. The zero-order valence-corrected chi connectivity index (χ0v) is 10.5. The van der Waals surface area contributed by atoms with E-state index >= 15 is 0 Å². The third-order valence-corrected chi connectivity index (χ3v) is 2.52. The molecule has 0 unspecified atom stereocenters. The van der Waals surface area contributed by atoms with Crippen molar-refractivity contribution in [1.82, 2.24) is 0 Å². The van der Waals surface area contributed by atoms with Crippen molar-refractivity contribution in [3.63, 3.8) is 0 Å². The molecule has 0 heterocycles. The number of anilines is 1. The Bertz CT molecular complexity index is 499. The molecule has 1 aromatic rings. The highest BCUT2D eigenvalue weighted by Gasteiger charge is 2.15. The van der Waals surface area contributed by atoms with Gasteiger partial charge in [0.15, 0.2) is 0 Å². The standard InChI is InChI=1S/C12H12ClNO4/c1-3-6-18-12(17)14-10-7(2)8(11(15)16)4-5-9(10)13/h3-5H,1,6H2,2H3,(H,14,17)(H,15,16). The molecule has 0 radical (unpaired) electrons. The molecule has 0 bridgehead atoms. The van der Waals surface area contributed by atoms with Gasteiger partial charge in [-0.15, -0.1) is 0 Å². The van der Waals surface area contributed by atoms with Crippen molar-refractivity contribution in [1.29, 1.82) is 0 Å². The summed E-state index contributed by atoms with van der Waals surface area (Å²) in [6.45, 7) is 5.01.